The summed E-state index contributed by atoms with van der Waals surface area (Å²) in [5.74, 6) is 1.39. The number of hydrogen-bond acceptors (Lipinski definition) is 3. The molecule has 25 heavy (non-hydrogen) atoms. The van der Waals surface area contributed by atoms with Crippen LogP contribution in [0.2, 0.25) is 5.02 Å². The lowest BCUT2D eigenvalue weighted by Crippen LogP contribution is -2.35. The molecule has 2 rings (SSSR count). The summed E-state index contributed by atoms with van der Waals surface area (Å²) in [6.07, 6.45) is 6.18. The molecule has 1 saturated heterocycles. The van der Waals surface area contributed by atoms with Gasteiger partial charge in [0.05, 0.1) is 11.6 Å². The topological polar surface area (TPSA) is 38.8 Å². The Morgan fingerprint density at radius 3 is 2.60 bits per heavy atom. The predicted molar refractivity (Wildman–Crippen MR) is 102 cm³/mol. The van der Waals surface area contributed by atoms with E-state index < -0.39 is 0 Å². The second kappa shape index (κ2) is 10.8. The minimum atomic E-state index is 0.148. The van der Waals surface area contributed by atoms with Gasteiger partial charge in [-0.05, 0) is 43.9 Å². The molecule has 1 aliphatic rings. The van der Waals surface area contributed by atoms with Gasteiger partial charge in [-0.15, -0.1) is 0 Å². The van der Waals surface area contributed by atoms with Crippen molar-refractivity contribution >= 4 is 40.7 Å². The average Bonchev–Trinajstić information content (AvgIpc) is 2.61. The highest BCUT2D eigenvalue weighted by atomic mass is 35.5. The number of rotatable bonds is 8. The Kier molecular flexibility index (Phi) is 8.73. The summed E-state index contributed by atoms with van der Waals surface area (Å²) in [6.45, 7) is 2.49. The fourth-order valence-corrected chi connectivity index (χ4v) is 2.95. The molecule has 4 nitrogen and oxygen atoms in total. The lowest BCUT2D eigenvalue weighted by molar-refractivity contribution is -0.132. The van der Waals surface area contributed by atoms with Gasteiger partial charge in [-0.2, -0.15) is 0 Å². The van der Waals surface area contributed by atoms with Gasteiger partial charge in [-0.3, -0.25) is 4.79 Å². The van der Waals surface area contributed by atoms with Crippen LogP contribution in [0.3, 0.4) is 0 Å². The van der Waals surface area contributed by atoms with Crippen molar-refractivity contribution in [2.24, 2.45) is 0 Å². The first-order chi connectivity index (χ1) is 12.1. The zero-order valence-corrected chi connectivity index (χ0v) is 16.2. The maximum Gasteiger partial charge on any atom is 0.222 e. The highest BCUT2D eigenvalue weighted by Crippen LogP contribution is 2.29. The van der Waals surface area contributed by atoms with Crippen molar-refractivity contribution in [2.75, 3.05) is 26.3 Å². The molecule has 0 aliphatic carbocycles. The van der Waals surface area contributed by atoms with Crippen molar-refractivity contribution in [2.45, 2.75) is 32.1 Å². The SMILES string of the molecule is O=C(CCCOc1ccc(OCC=C(Cl)Cl)c(Cl)c1)N1CCCCC1. The van der Waals surface area contributed by atoms with Crippen LogP contribution in [0.25, 0.3) is 0 Å². The molecule has 0 spiro atoms. The van der Waals surface area contributed by atoms with Gasteiger partial charge in [0, 0.05) is 25.6 Å². The average molecular weight is 407 g/mol. The molecular weight excluding hydrogens is 385 g/mol. The monoisotopic (exact) mass is 405 g/mol. The predicted octanol–water partition coefficient (Wildman–Crippen LogP) is 5.21. The molecule has 7 heteroatoms. The minimum absolute atomic E-state index is 0.148. The standard InChI is InChI=1S/C18H22Cl3NO3/c19-15-13-14(6-7-16(15)25-12-8-17(20)21)24-11-4-5-18(23)22-9-2-1-3-10-22/h6-8,13H,1-5,9-12H2. The molecule has 0 N–H and O–H groups in total. The number of amides is 1. The van der Waals surface area contributed by atoms with Crippen LogP contribution in [-0.2, 0) is 4.79 Å². The molecule has 0 saturated carbocycles. The molecule has 1 aromatic rings. The van der Waals surface area contributed by atoms with E-state index >= 15 is 0 Å². The van der Waals surface area contributed by atoms with Crippen molar-refractivity contribution in [1.29, 1.82) is 0 Å². The maximum atomic E-state index is 12.1. The molecule has 0 aromatic heterocycles. The van der Waals surface area contributed by atoms with Crippen molar-refractivity contribution in [3.05, 3.63) is 33.8 Å². The van der Waals surface area contributed by atoms with Crippen LogP contribution in [0, 0.1) is 0 Å². The van der Waals surface area contributed by atoms with Gasteiger partial charge in [0.25, 0.3) is 0 Å². The van der Waals surface area contributed by atoms with Crippen LogP contribution in [-0.4, -0.2) is 37.1 Å². The lowest BCUT2D eigenvalue weighted by Gasteiger charge is -2.26. The number of carbonyl (C=O) groups is 1. The molecular formula is C18H22Cl3NO3. The molecule has 1 heterocycles. The summed E-state index contributed by atoms with van der Waals surface area (Å²) in [5.41, 5.74) is 0. The molecule has 0 bridgehead atoms. The van der Waals surface area contributed by atoms with Gasteiger partial charge in [-0.1, -0.05) is 34.8 Å². The Labute approximate surface area is 163 Å². The van der Waals surface area contributed by atoms with Crippen LogP contribution < -0.4 is 9.47 Å². The number of ether oxygens (including phenoxy) is 2. The van der Waals surface area contributed by atoms with Crippen molar-refractivity contribution in [3.63, 3.8) is 0 Å². The number of piperidine rings is 1. The normalized spacial score (nSPS) is 14.1. The Hall–Kier alpha value is -1.10. The van der Waals surface area contributed by atoms with E-state index in [1.54, 1.807) is 18.2 Å². The summed E-state index contributed by atoms with van der Waals surface area (Å²) in [7, 11) is 0. The number of carbonyl (C=O) groups excluding carboxylic acids is 1. The van der Waals surface area contributed by atoms with E-state index in [-0.39, 0.29) is 17.0 Å². The lowest BCUT2D eigenvalue weighted by atomic mass is 10.1. The Morgan fingerprint density at radius 2 is 1.92 bits per heavy atom. The highest BCUT2D eigenvalue weighted by molar-refractivity contribution is 6.55. The summed E-state index contributed by atoms with van der Waals surface area (Å²) in [4.78, 5) is 14.0. The third-order valence-corrected chi connectivity index (χ3v) is 4.50. The number of nitrogens with zero attached hydrogens (tertiary/aromatic N) is 1. The van der Waals surface area contributed by atoms with E-state index in [0.717, 1.165) is 25.9 Å². The molecule has 1 aliphatic heterocycles. The number of halogens is 3. The zero-order valence-electron chi connectivity index (χ0n) is 14.0. The third kappa shape index (κ3) is 7.35. The van der Waals surface area contributed by atoms with Crippen molar-refractivity contribution < 1.29 is 14.3 Å². The van der Waals surface area contributed by atoms with E-state index in [0.29, 0.717) is 36.0 Å². The molecule has 1 fully saturated rings. The van der Waals surface area contributed by atoms with Crippen molar-refractivity contribution in [3.8, 4) is 11.5 Å². The van der Waals surface area contributed by atoms with Crippen LogP contribution >= 0.6 is 34.8 Å². The summed E-state index contributed by atoms with van der Waals surface area (Å²) < 4.78 is 11.2. The Bertz CT molecular complexity index is 597. The number of likely N-dealkylation sites (tertiary alicyclic amines) is 1. The first-order valence-electron chi connectivity index (χ1n) is 8.40. The van der Waals surface area contributed by atoms with E-state index in [9.17, 15) is 4.79 Å². The first-order valence-corrected chi connectivity index (χ1v) is 9.54. The largest absolute Gasteiger partial charge is 0.494 e. The van der Waals surface area contributed by atoms with Crippen molar-refractivity contribution in [1.82, 2.24) is 4.90 Å². The fraction of sp³-hybridized carbons (Fsp3) is 0.500. The molecule has 0 unspecified atom stereocenters. The quantitative estimate of drug-likeness (QED) is 0.556. The zero-order chi connectivity index (χ0) is 18.1. The first kappa shape index (κ1) is 20.2. The molecule has 0 atom stereocenters. The molecule has 0 radical (unpaired) electrons. The van der Waals surface area contributed by atoms with Gasteiger partial charge >= 0.3 is 0 Å². The second-order valence-corrected chi connectivity index (χ2v) is 7.21. The van der Waals surface area contributed by atoms with Crippen LogP contribution in [0.5, 0.6) is 11.5 Å². The van der Waals surface area contributed by atoms with Gasteiger partial charge in [0.1, 0.15) is 22.6 Å². The molecule has 138 valence electrons. The van der Waals surface area contributed by atoms with E-state index in [1.807, 2.05) is 4.90 Å². The van der Waals surface area contributed by atoms with Gasteiger partial charge in [-0.25, -0.2) is 0 Å². The molecule has 1 amide bonds. The number of benzene rings is 1. The van der Waals surface area contributed by atoms with E-state index in [1.165, 1.54) is 12.5 Å². The Morgan fingerprint density at radius 1 is 1.16 bits per heavy atom. The summed E-state index contributed by atoms with van der Waals surface area (Å²) in [5, 5.41) is 0.445. The van der Waals surface area contributed by atoms with E-state index in [4.69, 9.17) is 44.3 Å². The van der Waals surface area contributed by atoms with Crippen LogP contribution in [0.1, 0.15) is 32.1 Å². The van der Waals surface area contributed by atoms with Gasteiger partial charge in [0.15, 0.2) is 0 Å². The van der Waals surface area contributed by atoms with Crippen LogP contribution in [0.15, 0.2) is 28.8 Å². The van der Waals surface area contributed by atoms with Gasteiger partial charge in [0.2, 0.25) is 5.91 Å². The van der Waals surface area contributed by atoms with Gasteiger partial charge < -0.3 is 14.4 Å². The maximum absolute atomic E-state index is 12.1. The van der Waals surface area contributed by atoms with Crippen LogP contribution in [0.4, 0.5) is 0 Å². The highest BCUT2D eigenvalue weighted by Gasteiger charge is 2.15. The fourth-order valence-electron chi connectivity index (χ4n) is 2.60. The number of hydrogen-bond donors (Lipinski definition) is 0. The third-order valence-electron chi connectivity index (χ3n) is 3.89. The molecule has 1 aromatic carbocycles. The summed E-state index contributed by atoms with van der Waals surface area (Å²) >= 11 is 17.2. The van der Waals surface area contributed by atoms with E-state index in [2.05, 4.69) is 0 Å². The smallest absolute Gasteiger partial charge is 0.222 e. The summed E-state index contributed by atoms with van der Waals surface area (Å²) in [6, 6.07) is 5.20. The minimum Gasteiger partial charge on any atom is -0.494 e. The second-order valence-electron chi connectivity index (χ2n) is 5.79. The Balaban J connectivity index is 1.71.